The van der Waals surface area contributed by atoms with E-state index in [1.165, 1.54) is 6.42 Å². The van der Waals surface area contributed by atoms with Crippen molar-refractivity contribution in [2.75, 3.05) is 6.54 Å². The van der Waals surface area contributed by atoms with Gasteiger partial charge in [0.05, 0.1) is 0 Å². The molecular formula is C14H24N4O2S. The summed E-state index contributed by atoms with van der Waals surface area (Å²) in [5, 5.41) is 6.99. The molecule has 1 aromatic heterocycles. The van der Waals surface area contributed by atoms with E-state index in [1.807, 2.05) is 0 Å². The number of aromatic amines is 1. The fraction of sp³-hybridized carbons (Fsp3) is 0.786. The Morgan fingerprint density at radius 1 is 1.38 bits per heavy atom. The van der Waals surface area contributed by atoms with Gasteiger partial charge in [-0.05, 0) is 31.2 Å². The second-order valence-electron chi connectivity index (χ2n) is 6.00. The van der Waals surface area contributed by atoms with Crippen molar-refractivity contribution in [2.45, 2.75) is 50.1 Å². The van der Waals surface area contributed by atoms with E-state index < -0.39 is 11.1 Å². The molecule has 0 saturated heterocycles. The molecule has 21 heavy (non-hydrogen) atoms. The summed E-state index contributed by atoms with van der Waals surface area (Å²) in [4.78, 5) is 26.7. The molecule has 1 fully saturated rings. The number of thioether (sulfide) groups is 1. The molecule has 1 aliphatic carbocycles. The molecule has 6 nitrogen and oxygen atoms in total. The van der Waals surface area contributed by atoms with Crippen molar-refractivity contribution in [3.05, 3.63) is 20.7 Å². The van der Waals surface area contributed by atoms with Gasteiger partial charge in [0.1, 0.15) is 0 Å². The molecule has 0 aliphatic heterocycles. The summed E-state index contributed by atoms with van der Waals surface area (Å²) >= 11 is 1.59. The third-order valence-corrected chi connectivity index (χ3v) is 5.68. The zero-order valence-electron chi connectivity index (χ0n) is 13.0. The van der Waals surface area contributed by atoms with E-state index in [9.17, 15) is 9.59 Å². The van der Waals surface area contributed by atoms with Crippen LogP contribution in [-0.2, 0) is 7.05 Å². The first-order valence-corrected chi connectivity index (χ1v) is 8.37. The molecule has 1 saturated carbocycles. The summed E-state index contributed by atoms with van der Waals surface area (Å²) < 4.78 is 1.54. The SMILES string of the molecule is CCNC1CC(C)CC(C)C1Sc1nc(=O)c(=O)[nH]n1C. The van der Waals surface area contributed by atoms with E-state index in [1.54, 1.807) is 23.5 Å². The van der Waals surface area contributed by atoms with E-state index in [-0.39, 0.29) is 0 Å². The summed E-state index contributed by atoms with van der Waals surface area (Å²) in [5.41, 5.74) is -1.39. The highest BCUT2D eigenvalue weighted by Gasteiger charge is 2.35. The molecule has 1 heterocycles. The number of rotatable bonds is 4. The molecule has 0 radical (unpaired) electrons. The summed E-state index contributed by atoms with van der Waals surface area (Å²) in [6, 6.07) is 0.405. The normalized spacial score (nSPS) is 29.5. The Balaban J connectivity index is 2.25. The first-order chi connectivity index (χ1) is 9.92. The van der Waals surface area contributed by atoms with E-state index >= 15 is 0 Å². The van der Waals surface area contributed by atoms with Crippen LogP contribution in [0.15, 0.2) is 14.7 Å². The number of hydrogen-bond acceptors (Lipinski definition) is 5. The predicted octanol–water partition coefficient (Wildman–Crippen LogP) is 0.973. The average Bonchev–Trinajstić information content (AvgIpc) is 2.39. The molecule has 7 heteroatoms. The number of aromatic nitrogens is 3. The van der Waals surface area contributed by atoms with E-state index in [0.717, 1.165) is 13.0 Å². The van der Waals surface area contributed by atoms with Crippen LogP contribution in [0.1, 0.15) is 33.6 Å². The minimum atomic E-state index is -0.715. The maximum atomic E-state index is 11.5. The first kappa shape index (κ1) is 16.3. The van der Waals surface area contributed by atoms with Gasteiger partial charge in [-0.1, -0.05) is 32.5 Å². The summed E-state index contributed by atoms with van der Waals surface area (Å²) in [6.07, 6.45) is 2.31. The number of nitrogens with zero attached hydrogens (tertiary/aromatic N) is 2. The van der Waals surface area contributed by atoms with Gasteiger partial charge in [0.25, 0.3) is 0 Å². The largest absolute Gasteiger partial charge is 0.339 e. The van der Waals surface area contributed by atoms with Gasteiger partial charge in [-0.3, -0.25) is 19.4 Å². The zero-order valence-corrected chi connectivity index (χ0v) is 13.9. The van der Waals surface area contributed by atoms with Crippen LogP contribution in [0.3, 0.4) is 0 Å². The van der Waals surface area contributed by atoms with Crippen LogP contribution >= 0.6 is 11.8 Å². The molecular weight excluding hydrogens is 288 g/mol. The van der Waals surface area contributed by atoms with Crippen LogP contribution in [0.25, 0.3) is 0 Å². The lowest BCUT2D eigenvalue weighted by atomic mass is 9.80. The highest BCUT2D eigenvalue weighted by Crippen LogP contribution is 2.38. The van der Waals surface area contributed by atoms with Crippen molar-refractivity contribution in [1.29, 1.82) is 0 Å². The smallest absolute Gasteiger partial charge is 0.313 e. The van der Waals surface area contributed by atoms with Crippen LogP contribution in [0.4, 0.5) is 0 Å². The molecule has 0 bridgehead atoms. The number of hydrogen-bond donors (Lipinski definition) is 2. The van der Waals surface area contributed by atoms with Crippen LogP contribution in [-0.4, -0.2) is 32.6 Å². The summed E-state index contributed by atoms with van der Waals surface area (Å²) in [5.74, 6) is 1.24. The molecule has 4 unspecified atom stereocenters. The molecule has 118 valence electrons. The van der Waals surface area contributed by atoms with Crippen LogP contribution in [0.2, 0.25) is 0 Å². The van der Waals surface area contributed by atoms with Gasteiger partial charge in [-0.25, -0.2) is 0 Å². The van der Waals surface area contributed by atoms with Crippen LogP contribution in [0, 0.1) is 11.8 Å². The maximum Gasteiger partial charge on any atom is 0.339 e. The van der Waals surface area contributed by atoms with Crippen molar-refractivity contribution in [2.24, 2.45) is 18.9 Å². The monoisotopic (exact) mass is 312 g/mol. The zero-order chi connectivity index (χ0) is 15.6. The second kappa shape index (κ2) is 6.79. The van der Waals surface area contributed by atoms with Gasteiger partial charge in [0, 0.05) is 18.3 Å². The molecule has 4 atom stereocenters. The number of aryl methyl sites for hydroxylation is 1. The lowest BCUT2D eigenvalue weighted by molar-refractivity contribution is 0.250. The highest BCUT2D eigenvalue weighted by atomic mass is 32.2. The van der Waals surface area contributed by atoms with Crippen molar-refractivity contribution >= 4 is 11.8 Å². The average molecular weight is 312 g/mol. The molecule has 1 aliphatic rings. The minimum Gasteiger partial charge on any atom is -0.313 e. The van der Waals surface area contributed by atoms with Gasteiger partial charge in [-0.15, -0.1) is 0 Å². The van der Waals surface area contributed by atoms with Gasteiger partial charge in [0.15, 0.2) is 5.16 Å². The molecule has 2 N–H and O–H groups in total. The summed E-state index contributed by atoms with van der Waals surface area (Å²) in [7, 11) is 1.72. The lowest BCUT2D eigenvalue weighted by Gasteiger charge is -2.39. The molecule has 0 aromatic carbocycles. The Bertz CT molecular complexity index is 597. The molecule has 2 rings (SSSR count). The Morgan fingerprint density at radius 2 is 2.10 bits per heavy atom. The van der Waals surface area contributed by atoms with Crippen molar-refractivity contribution in [3.8, 4) is 0 Å². The van der Waals surface area contributed by atoms with E-state index in [0.29, 0.717) is 28.3 Å². The fourth-order valence-corrected chi connectivity index (χ4v) is 4.47. The molecule has 1 aromatic rings. The molecule has 0 spiro atoms. The Labute approximate surface area is 128 Å². The quantitative estimate of drug-likeness (QED) is 0.810. The maximum absolute atomic E-state index is 11.5. The Kier molecular flexibility index (Phi) is 5.27. The fourth-order valence-electron chi connectivity index (χ4n) is 3.18. The van der Waals surface area contributed by atoms with Gasteiger partial charge in [0.2, 0.25) is 0 Å². The second-order valence-corrected chi connectivity index (χ2v) is 7.15. The summed E-state index contributed by atoms with van der Waals surface area (Å²) in [6.45, 7) is 7.58. The standard InChI is InChI=1S/C14H24N4O2S/c1-5-15-10-7-8(2)6-9(3)11(10)21-14-16-12(19)13(20)17-18(14)4/h8-11,15H,5-7H2,1-4H3,(H,17,20). The lowest BCUT2D eigenvalue weighted by Crippen LogP contribution is -2.46. The van der Waals surface area contributed by atoms with Gasteiger partial charge >= 0.3 is 11.1 Å². The van der Waals surface area contributed by atoms with Gasteiger partial charge in [-0.2, -0.15) is 4.98 Å². The van der Waals surface area contributed by atoms with E-state index in [2.05, 4.69) is 36.2 Å². The topological polar surface area (TPSA) is 79.8 Å². The number of H-pyrrole nitrogens is 1. The third kappa shape index (κ3) is 3.77. The van der Waals surface area contributed by atoms with Crippen LogP contribution < -0.4 is 16.4 Å². The number of nitrogens with one attached hydrogen (secondary N) is 2. The predicted molar refractivity (Wildman–Crippen MR) is 84.8 cm³/mol. The Morgan fingerprint density at radius 3 is 2.76 bits per heavy atom. The van der Waals surface area contributed by atoms with Crippen molar-refractivity contribution in [3.63, 3.8) is 0 Å². The van der Waals surface area contributed by atoms with Crippen molar-refractivity contribution in [1.82, 2.24) is 20.1 Å². The van der Waals surface area contributed by atoms with Gasteiger partial charge < -0.3 is 5.32 Å². The minimum absolute atomic E-state index is 0.352. The third-order valence-electron chi connectivity index (χ3n) is 4.04. The molecule has 0 amide bonds. The van der Waals surface area contributed by atoms with Crippen molar-refractivity contribution < 1.29 is 0 Å². The van der Waals surface area contributed by atoms with E-state index in [4.69, 9.17) is 0 Å². The van der Waals surface area contributed by atoms with Crippen LogP contribution in [0.5, 0.6) is 0 Å². The Hall–Kier alpha value is -1.08. The highest BCUT2D eigenvalue weighted by molar-refractivity contribution is 7.99. The first-order valence-electron chi connectivity index (χ1n) is 7.49.